The number of fused-ring (bicyclic) bond motifs is 9. The first-order valence-corrected chi connectivity index (χ1v) is 15.9. The van der Waals surface area contributed by atoms with E-state index in [0.717, 1.165) is 15.9 Å². The van der Waals surface area contributed by atoms with Gasteiger partial charge < -0.3 is 4.57 Å². The fraction of sp³-hybridized carbons (Fsp3) is 0.0769. The summed E-state index contributed by atoms with van der Waals surface area (Å²) in [5.74, 6) is 0. The summed E-state index contributed by atoms with van der Waals surface area (Å²) in [6, 6.07) is 48.8. The van der Waals surface area contributed by atoms with Crippen LogP contribution >= 0.6 is 7.14 Å². The highest BCUT2D eigenvalue weighted by Crippen LogP contribution is 2.53. The maximum atomic E-state index is 15.2. The highest BCUT2D eigenvalue weighted by Gasteiger charge is 2.38. The molecule has 196 valence electrons. The number of benzene rings is 7. The Morgan fingerprint density at radius 1 is 0.415 bits per heavy atom. The largest absolute Gasteiger partial charge is 0.309 e. The normalized spacial score (nSPS) is 13.9. The summed E-state index contributed by atoms with van der Waals surface area (Å²) in [5, 5.41) is 10.3. The zero-order chi connectivity index (χ0) is 27.8. The van der Waals surface area contributed by atoms with Gasteiger partial charge in [-0.05, 0) is 72.8 Å². The Balaban J connectivity index is 1.44. The highest BCUT2D eigenvalue weighted by atomic mass is 31.2. The molecule has 7 aromatic carbocycles. The van der Waals surface area contributed by atoms with Crippen LogP contribution in [0.1, 0.15) is 25.0 Å². The first-order valence-electron chi connectivity index (χ1n) is 14.2. The quantitative estimate of drug-likeness (QED) is 0.160. The van der Waals surface area contributed by atoms with Crippen LogP contribution in [-0.2, 0) is 9.98 Å². The summed E-state index contributed by atoms with van der Waals surface area (Å²) in [7, 11) is -3.08. The lowest BCUT2D eigenvalue weighted by Crippen LogP contribution is -2.25. The minimum absolute atomic E-state index is 0.173. The molecule has 0 atom stereocenters. The monoisotopic (exact) mass is 544 g/mol. The molecule has 0 unspecified atom stereocenters. The lowest BCUT2D eigenvalue weighted by Gasteiger charge is -2.24. The fourth-order valence-electron chi connectivity index (χ4n) is 7.06. The molecule has 0 saturated carbocycles. The van der Waals surface area contributed by atoms with Gasteiger partial charge >= 0.3 is 0 Å². The van der Waals surface area contributed by atoms with Gasteiger partial charge in [0.15, 0.2) is 7.14 Å². The van der Waals surface area contributed by atoms with Gasteiger partial charge in [0.2, 0.25) is 0 Å². The van der Waals surface area contributed by atoms with Gasteiger partial charge in [0.05, 0.1) is 0 Å². The molecule has 0 aromatic heterocycles. The van der Waals surface area contributed by atoms with Crippen molar-refractivity contribution in [2.75, 3.05) is 0 Å². The van der Waals surface area contributed by atoms with Gasteiger partial charge in [-0.3, -0.25) is 0 Å². The number of hydrogen-bond donors (Lipinski definition) is 0. The van der Waals surface area contributed by atoms with Crippen LogP contribution in [0, 0.1) is 0 Å². The minimum Gasteiger partial charge on any atom is -0.309 e. The van der Waals surface area contributed by atoms with Gasteiger partial charge in [-0.1, -0.05) is 135 Å². The molecule has 1 aliphatic carbocycles. The smallest absolute Gasteiger partial charge is 0.171 e. The number of hydrogen-bond acceptors (Lipinski definition) is 1. The Bertz CT molecular complexity index is 2150. The fourth-order valence-corrected chi connectivity index (χ4v) is 9.73. The van der Waals surface area contributed by atoms with Crippen LogP contribution in [-0.4, -0.2) is 0 Å². The van der Waals surface area contributed by atoms with Crippen molar-refractivity contribution in [3.05, 3.63) is 151 Å². The second kappa shape index (κ2) is 8.77. The van der Waals surface area contributed by atoms with Crippen molar-refractivity contribution in [2.45, 2.75) is 19.3 Å². The van der Waals surface area contributed by atoms with Gasteiger partial charge in [0.25, 0.3) is 0 Å². The third kappa shape index (κ3) is 3.40. The molecule has 0 bridgehead atoms. The molecule has 2 heteroatoms. The Labute approximate surface area is 240 Å². The third-order valence-electron chi connectivity index (χ3n) is 9.13. The van der Waals surface area contributed by atoms with Crippen LogP contribution < -0.4 is 15.9 Å². The van der Waals surface area contributed by atoms with Crippen LogP contribution in [0.25, 0.3) is 43.4 Å². The summed E-state index contributed by atoms with van der Waals surface area (Å²) in [6.45, 7) is 4.64. The van der Waals surface area contributed by atoms with Crippen molar-refractivity contribution in [3.63, 3.8) is 0 Å². The molecular weight excluding hydrogens is 515 g/mol. The van der Waals surface area contributed by atoms with E-state index in [-0.39, 0.29) is 5.41 Å². The van der Waals surface area contributed by atoms with E-state index in [4.69, 9.17) is 0 Å². The van der Waals surface area contributed by atoms with Crippen LogP contribution in [0.2, 0.25) is 0 Å². The first kappa shape index (κ1) is 24.4. The predicted octanol–water partition coefficient (Wildman–Crippen LogP) is 9.09. The lowest BCUT2D eigenvalue weighted by atomic mass is 9.81. The van der Waals surface area contributed by atoms with Crippen molar-refractivity contribution in [2.24, 2.45) is 0 Å². The lowest BCUT2D eigenvalue weighted by molar-refractivity contribution is 0.592. The summed E-state index contributed by atoms with van der Waals surface area (Å²) in [6.07, 6.45) is 0. The van der Waals surface area contributed by atoms with E-state index >= 15 is 4.57 Å². The standard InChI is InChI=1S/C39H29OP/c1-39(2)37-22-21-28(41(40,26-13-5-3-6-14-26)27-15-7-4-8-16-27)23-35(37)36-24-33-31-19-11-9-17-29(31)30-18-10-12-20-32(30)34(33)25-38(36)39/h3-25H,1-2H3. The topological polar surface area (TPSA) is 17.1 Å². The zero-order valence-electron chi connectivity index (χ0n) is 23.1. The Hall–Kier alpha value is -4.45. The summed E-state index contributed by atoms with van der Waals surface area (Å²) < 4.78 is 15.2. The van der Waals surface area contributed by atoms with E-state index in [2.05, 4.69) is 92.7 Å². The van der Waals surface area contributed by atoms with E-state index in [9.17, 15) is 0 Å². The molecule has 41 heavy (non-hydrogen) atoms. The van der Waals surface area contributed by atoms with Crippen LogP contribution in [0.4, 0.5) is 0 Å². The van der Waals surface area contributed by atoms with Crippen LogP contribution in [0.3, 0.4) is 0 Å². The maximum absolute atomic E-state index is 15.2. The highest BCUT2D eigenvalue weighted by molar-refractivity contribution is 7.85. The minimum atomic E-state index is -3.08. The second-order valence-corrected chi connectivity index (χ2v) is 14.4. The van der Waals surface area contributed by atoms with E-state index in [1.807, 2.05) is 60.7 Å². The van der Waals surface area contributed by atoms with Gasteiger partial charge in [-0.15, -0.1) is 0 Å². The van der Waals surface area contributed by atoms with Gasteiger partial charge in [0.1, 0.15) is 0 Å². The molecule has 0 amide bonds. The van der Waals surface area contributed by atoms with E-state index in [1.54, 1.807) is 0 Å². The van der Waals surface area contributed by atoms with Crippen molar-refractivity contribution >= 4 is 55.4 Å². The molecule has 0 saturated heterocycles. The molecule has 1 aliphatic rings. The van der Waals surface area contributed by atoms with E-state index in [1.165, 1.54) is 54.6 Å². The third-order valence-corrected chi connectivity index (χ3v) is 12.2. The van der Waals surface area contributed by atoms with E-state index < -0.39 is 7.14 Å². The van der Waals surface area contributed by atoms with Crippen molar-refractivity contribution in [3.8, 4) is 11.1 Å². The van der Waals surface area contributed by atoms with Crippen LogP contribution in [0.15, 0.2) is 140 Å². The average Bonchev–Trinajstić information content (AvgIpc) is 3.26. The molecule has 8 rings (SSSR count). The molecule has 0 aliphatic heterocycles. The van der Waals surface area contributed by atoms with Gasteiger partial charge in [0, 0.05) is 21.3 Å². The molecule has 0 fully saturated rings. The van der Waals surface area contributed by atoms with Gasteiger partial charge in [-0.25, -0.2) is 0 Å². The molecule has 0 spiro atoms. The summed E-state index contributed by atoms with van der Waals surface area (Å²) in [4.78, 5) is 0. The molecule has 0 N–H and O–H groups in total. The van der Waals surface area contributed by atoms with Gasteiger partial charge in [-0.2, -0.15) is 0 Å². The summed E-state index contributed by atoms with van der Waals surface area (Å²) in [5.41, 5.74) is 4.87. The predicted molar refractivity (Wildman–Crippen MR) is 176 cm³/mol. The molecule has 1 nitrogen and oxygen atoms in total. The zero-order valence-corrected chi connectivity index (χ0v) is 24.0. The Morgan fingerprint density at radius 2 is 0.854 bits per heavy atom. The molecular formula is C39H29OP. The van der Waals surface area contributed by atoms with E-state index in [0.29, 0.717) is 0 Å². The Morgan fingerprint density at radius 3 is 1.39 bits per heavy atom. The van der Waals surface area contributed by atoms with Crippen LogP contribution in [0.5, 0.6) is 0 Å². The first-order chi connectivity index (χ1) is 20.0. The van der Waals surface area contributed by atoms with Crippen molar-refractivity contribution in [1.29, 1.82) is 0 Å². The molecule has 0 radical (unpaired) electrons. The maximum Gasteiger partial charge on any atom is 0.171 e. The summed E-state index contributed by atoms with van der Waals surface area (Å²) >= 11 is 0. The Kier molecular flexibility index (Phi) is 5.21. The average molecular weight is 545 g/mol. The molecule has 0 heterocycles. The number of rotatable bonds is 3. The SMILES string of the molecule is CC1(C)c2ccc(P(=O)(c3ccccc3)c3ccccc3)cc2-c2cc3c4ccccc4c4ccccc4c3cc21. The molecule has 7 aromatic rings. The van der Waals surface area contributed by atoms with Crippen molar-refractivity contribution < 1.29 is 4.57 Å². The van der Waals surface area contributed by atoms with Crippen molar-refractivity contribution in [1.82, 2.24) is 0 Å². The second-order valence-electron chi connectivity index (χ2n) is 11.7.